The van der Waals surface area contributed by atoms with Crippen molar-refractivity contribution < 1.29 is 14.8 Å². The number of nitro benzene ring substituents is 1. The number of anilines is 1. The number of likely N-dealkylation sites (tertiary alicyclic amines) is 1. The number of nitrogens with two attached hydrogens (primary N) is 1. The van der Waals surface area contributed by atoms with Gasteiger partial charge in [-0.25, -0.2) is 0 Å². The molecule has 114 valence electrons. The summed E-state index contributed by atoms with van der Waals surface area (Å²) >= 11 is 0. The average molecular weight is 294 g/mol. The number of benzene rings is 1. The maximum absolute atomic E-state index is 12.5. The van der Waals surface area contributed by atoms with Crippen LogP contribution in [0.2, 0.25) is 0 Å². The number of hydrogen-bond donors (Lipinski definition) is 3. The van der Waals surface area contributed by atoms with Crippen LogP contribution < -0.4 is 11.3 Å². The van der Waals surface area contributed by atoms with Crippen LogP contribution in [0.5, 0.6) is 0 Å². The number of rotatable bonds is 5. The predicted octanol–water partition coefficient (Wildman–Crippen LogP) is 0.725. The van der Waals surface area contributed by atoms with Crippen LogP contribution in [-0.4, -0.2) is 40.5 Å². The molecule has 0 aromatic heterocycles. The van der Waals surface area contributed by atoms with Crippen LogP contribution in [0.4, 0.5) is 11.4 Å². The molecule has 1 aromatic carbocycles. The van der Waals surface area contributed by atoms with Crippen LogP contribution in [-0.2, 0) is 0 Å². The van der Waals surface area contributed by atoms with E-state index < -0.39 is 4.92 Å². The number of amides is 1. The van der Waals surface area contributed by atoms with Gasteiger partial charge in [-0.1, -0.05) is 6.07 Å². The summed E-state index contributed by atoms with van der Waals surface area (Å²) in [6.45, 7) is 1.14. The molecule has 1 heterocycles. The summed E-state index contributed by atoms with van der Waals surface area (Å²) in [6.07, 6.45) is 1.44. The second-order valence-electron chi connectivity index (χ2n) is 5.02. The summed E-state index contributed by atoms with van der Waals surface area (Å²) in [5.41, 5.74) is 2.07. The molecular weight excluding hydrogens is 276 g/mol. The third kappa shape index (κ3) is 3.11. The normalized spacial score (nSPS) is 17.8. The molecule has 1 saturated heterocycles. The number of nitrogen functional groups attached to an aromatic ring is 1. The lowest BCUT2D eigenvalue weighted by molar-refractivity contribution is -0.384. The van der Waals surface area contributed by atoms with Crippen molar-refractivity contribution in [2.45, 2.75) is 12.8 Å². The Bertz CT molecular complexity index is 549. The number of nitrogens with zero attached hydrogens (tertiary/aromatic N) is 2. The first-order valence-electron chi connectivity index (χ1n) is 6.72. The second-order valence-corrected chi connectivity index (χ2v) is 5.02. The number of aliphatic hydroxyl groups is 1. The van der Waals surface area contributed by atoms with Crippen molar-refractivity contribution in [1.82, 2.24) is 4.90 Å². The smallest absolute Gasteiger partial charge is 0.306 e. The molecule has 0 spiro atoms. The number of carbonyl (C=O) groups excluding carboxylic acids is 1. The fraction of sp³-hybridized carbons (Fsp3) is 0.462. The Morgan fingerprint density at radius 1 is 1.57 bits per heavy atom. The van der Waals surface area contributed by atoms with Gasteiger partial charge in [0.25, 0.3) is 5.91 Å². The SMILES string of the molecule is NNc1cccc(C(=O)N2CCC(CCO)C2)c1[N+](=O)[O-]. The highest BCUT2D eigenvalue weighted by Crippen LogP contribution is 2.30. The molecule has 0 bridgehead atoms. The lowest BCUT2D eigenvalue weighted by atomic mass is 10.1. The number of para-hydroxylation sites is 1. The highest BCUT2D eigenvalue weighted by atomic mass is 16.6. The van der Waals surface area contributed by atoms with Gasteiger partial charge in [0.15, 0.2) is 0 Å². The van der Waals surface area contributed by atoms with Gasteiger partial charge in [0.05, 0.1) is 4.92 Å². The predicted molar refractivity (Wildman–Crippen MR) is 76.6 cm³/mol. The molecule has 1 aliphatic heterocycles. The van der Waals surface area contributed by atoms with Crippen LogP contribution >= 0.6 is 0 Å². The summed E-state index contributed by atoms with van der Waals surface area (Å²) < 4.78 is 0. The molecule has 8 heteroatoms. The van der Waals surface area contributed by atoms with Crippen LogP contribution in [0, 0.1) is 16.0 Å². The Hall–Kier alpha value is -2.19. The highest BCUT2D eigenvalue weighted by Gasteiger charge is 2.31. The van der Waals surface area contributed by atoms with Crippen molar-refractivity contribution in [2.75, 3.05) is 25.1 Å². The van der Waals surface area contributed by atoms with Crippen LogP contribution in [0.25, 0.3) is 0 Å². The first-order valence-corrected chi connectivity index (χ1v) is 6.72. The lowest BCUT2D eigenvalue weighted by Gasteiger charge is -2.17. The molecule has 1 atom stereocenters. The van der Waals surface area contributed by atoms with E-state index in [1.54, 1.807) is 11.0 Å². The number of nitro groups is 1. The highest BCUT2D eigenvalue weighted by molar-refractivity contribution is 6.00. The molecule has 1 amide bonds. The van der Waals surface area contributed by atoms with Crippen molar-refractivity contribution in [3.8, 4) is 0 Å². The topological polar surface area (TPSA) is 122 Å². The Kier molecular flexibility index (Phi) is 4.71. The minimum Gasteiger partial charge on any atom is -0.396 e. The molecule has 1 unspecified atom stereocenters. The van der Waals surface area contributed by atoms with E-state index in [1.807, 2.05) is 0 Å². The van der Waals surface area contributed by atoms with Gasteiger partial charge in [0.1, 0.15) is 11.3 Å². The van der Waals surface area contributed by atoms with Gasteiger partial charge >= 0.3 is 5.69 Å². The molecule has 4 N–H and O–H groups in total. The van der Waals surface area contributed by atoms with Crippen molar-refractivity contribution in [1.29, 1.82) is 0 Å². The third-order valence-corrected chi connectivity index (χ3v) is 3.71. The number of hydrazine groups is 1. The maximum atomic E-state index is 12.5. The molecule has 1 aromatic rings. The molecule has 2 rings (SSSR count). The number of nitrogens with one attached hydrogen (secondary N) is 1. The monoisotopic (exact) mass is 294 g/mol. The number of aliphatic hydroxyl groups excluding tert-OH is 1. The van der Waals surface area contributed by atoms with Crippen molar-refractivity contribution in [3.63, 3.8) is 0 Å². The van der Waals surface area contributed by atoms with Crippen LogP contribution in [0.15, 0.2) is 18.2 Å². The Balaban J connectivity index is 2.26. The summed E-state index contributed by atoms with van der Waals surface area (Å²) in [7, 11) is 0. The minimum atomic E-state index is -0.607. The average Bonchev–Trinajstić information content (AvgIpc) is 2.94. The van der Waals surface area contributed by atoms with Crippen molar-refractivity contribution >= 4 is 17.3 Å². The van der Waals surface area contributed by atoms with E-state index in [0.29, 0.717) is 19.5 Å². The zero-order valence-corrected chi connectivity index (χ0v) is 11.5. The van der Waals surface area contributed by atoms with E-state index >= 15 is 0 Å². The third-order valence-electron chi connectivity index (χ3n) is 3.71. The summed E-state index contributed by atoms with van der Waals surface area (Å²) in [4.78, 5) is 24.7. The van der Waals surface area contributed by atoms with Gasteiger partial charge in [-0.05, 0) is 30.9 Å². The second kappa shape index (κ2) is 6.51. The van der Waals surface area contributed by atoms with E-state index in [2.05, 4.69) is 5.43 Å². The summed E-state index contributed by atoms with van der Waals surface area (Å²) in [5, 5.41) is 20.1. The van der Waals surface area contributed by atoms with E-state index in [0.717, 1.165) is 6.42 Å². The molecule has 8 nitrogen and oxygen atoms in total. The number of hydrogen-bond acceptors (Lipinski definition) is 6. The van der Waals surface area contributed by atoms with E-state index in [4.69, 9.17) is 10.9 Å². The fourth-order valence-electron chi connectivity index (χ4n) is 2.63. The molecule has 1 fully saturated rings. The Morgan fingerprint density at radius 2 is 2.33 bits per heavy atom. The van der Waals surface area contributed by atoms with E-state index in [9.17, 15) is 14.9 Å². The van der Waals surface area contributed by atoms with E-state index in [1.165, 1.54) is 12.1 Å². The molecule has 0 aliphatic carbocycles. The largest absolute Gasteiger partial charge is 0.396 e. The zero-order valence-electron chi connectivity index (χ0n) is 11.5. The first-order chi connectivity index (χ1) is 10.1. The van der Waals surface area contributed by atoms with Crippen LogP contribution in [0.1, 0.15) is 23.2 Å². The molecular formula is C13H18N4O4. The molecule has 1 aliphatic rings. The Morgan fingerprint density at radius 3 is 2.95 bits per heavy atom. The standard InChI is InChI=1S/C13H18N4O4/c14-15-11-3-1-2-10(12(11)17(20)21)13(19)16-6-4-9(8-16)5-7-18/h1-3,9,15,18H,4-8,14H2. The molecule has 0 radical (unpaired) electrons. The summed E-state index contributed by atoms with van der Waals surface area (Å²) in [6, 6.07) is 4.44. The van der Waals surface area contributed by atoms with Gasteiger partial charge < -0.3 is 15.4 Å². The van der Waals surface area contributed by atoms with Crippen molar-refractivity contribution in [3.05, 3.63) is 33.9 Å². The molecule has 0 saturated carbocycles. The first kappa shape index (κ1) is 15.2. The number of carbonyl (C=O) groups is 1. The Labute approximate surface area is 121 Å². The van der Waals surface area contributed by atoms with Gasteiger partial charge in [-0.15, -0.1) is 0 Å². The lowest BCUT2D eigenvalue weighted by Crippen LogP contribution is -2.29. The summed E-state index contributed by atoms with van der Waals surface area (Å²) in [5.74, 6) is 5.13. The quantitative estimate of drug-likeness (QED) is 0.418. The zero-order chi connectivity index (χ0) is 15.4. The fourth-order valence-corrected chi connectivity index (χ4v) is 2.63. The van der Waals surface area contributed by atoms with Crippen molar-refractivity contribution in [2.24, 2.45) is 11.8 Å². The van der Waals surface area contributed by atoms with Gasteiger partial charge in [-0.2, -0.15) is 0 Å². The minimum absolute atomic E-state index is 0.0279. The van der Waals surface area contributed by atoms with Gasteiger partial charge in [-0.3, -0.25) is 20.8 Å². The maximum Gasteiger partial charge on any atom is 0.306 e. The van der Waals surface area contributed by atoms with Gasteiger partial charge in [0.2, 0.25) is 0 Å². The van der Waals surface area contributed by atoms with Crippen LogP contribution in [0.3, 0.4) is 0 Å². The van der Waals surface area contributed by atoms with E-state index in [-0.39, 0.29) is 35.4 Å². The molecule has 21 heavy (non-hydrogen) atoms. The van der Waals surface area contributed by atoms with Gasteiger partial charge in [0, 0.05) is 19.7 Å².